The lowest BCUT2D eigenvalue weighted by Gasteiger charge is -2.46. The van der Waals surface area contributed by atoms with E-state index in [2.05, 4.69) is 38.4 Å². The fourth-order valence-corrected chi connectivity index (χ4v) is 12.3. The van der Waals surface area contributed by atoms with Gasteiger partial charge in [-0.3, -0.25) is 9.59 Å². The summed E-state index contributed by atoms with van der Waals surface area (Å²) in [5, 5.41) is 0.383. The Labute approximate surface area is 472 Å². The summed E-state index contributed by atoms with van der Waals surface area (Å²) in [7, 11) is 21.1. The highest BCUT2D eigenvalue weighted by Crippen LogP contribution is 2.47. The average molecular weight is 1130 g/mol. The van der Waals surface area contributed by atoms with Gasteiger partial charge in [-0.25, -0.2) is 0 Å². The molecule has 18 heteroatoms. The highest BCUT2D eigenvalue weighted by molar-refractivity contribution is 8.13. The minimum atomic E-state index is 0. The number of rotatable bonds is 28. The molecule has 0 aromatic heterocycles. The standard InChI is InChI=1S/C58H80N2O12S2.2ClH/c1-59(25-21-41-35-47(63-3)49(65-5)37-43(41)45(59)29-39-31-51(67-7)57(71-11)52(32-39)68-8)23-17-27-73-55(61)19-15-13-14-16-20-56(62)74-28-18-24-60(2)26-22-42-36-48(64-4)50(66-6)38-44(42)46(60)30-40-33-53(69-9)58(72-12)54(34-40)70-10;;/h13-14,31-38,45-46H,15-30H2,1-12H3;2*1H/q+2;;/p-2/b14-13+;;/t45-,46-,59-,60+;;/m1../s1. The lowest BCUT2D eigenvalue weighted by molar-refractivity contribution is -0.941. The normalized spacial score (nSPS) is 18.5. The fraction of sp³-hybridized carbons (Fsp3) is 0.517. The van der Waals surface area contributed by atoms with Crippen molar-refractivity contribution in [3.63, 3.8) is 0 Å². The molecule has 0 saturated heterocycles. The van der Waals surface area contributed by atoms with Crippen LogP contribution in [-0.4, -0.2) is 142 Å². The molecule has 2 aliphatic rings. The van der Waals surface area contributed by atoms with Crippen molar-refractivity contribution in [2.45, 2.75) is 76.3 Å². The van der Waals surface area contributed by atoms with Crippen molar-refractivity contribution < 1.29 is 90.7 Å². The van der Waals surface area contributed by atoms with Crippen LogP contribution < -0.4 is 72.2 Å². The molecule has 0 fully saturated rings. The van der Waals surface area contributed by atoms with Crippen LogP contribution in [0, 0.1) is 0 Å². The van der Waals surface area contributed by atoms with Gasteiger partial charge in [0.25, 0.3) is 0 Å². The molecule has 2 heterocycles. The van der Waals surface area contributed by atoms with Crippen LogP contribution in [0.1, 0.15) is 84.0 Å². The van der Waals surface area contributed by atoms with Crippen molar-refractivity contribution in [1.82, 2.24) is 0 Å². The molecular formula is C58H80Cl2N2O12S2. The Morgan fingerprint density at radius 1 is 0.474 bits per heavy atom. The molecule has 4 atom stereocenters. The van der Waals surface area contributed by atoms with Gasteiger partial charge < -0.3 is 81.1 Å². The first-order valence-corrected chi connectivity index (χ1v) is 27.4. The maximum atomic E-state index is 13.1. The summed E-state index contributed by atoms with van der Waals surface area (Å²) in [6.45, 7) is 3.71. The van der Waals surface area contributed by atoms with Crippen LogP contribution in [0.4, 0.5) is 0 Å². The minimum Gasteiger partial charge on any atom is -1.00 e. The van der Waals surface area contributed by atoms with Crippen molar-refractivity contribution in [3.8, 4) is 57.5 Å². The molecule has 0 N–H and O–H groups in total. The Bertz CT molecular complexity index is 2360. The summed E-state index contributed by atoms with van der Waals surface area (Å²) in [6.07, 6.45) is 11.4. The number of nitrogens with zero attached hydrogens (tertiary/aromatic N) is 2. The van der Waals surface area contributed by atoms with Gasteiger partial charge in [0.1, 0.15) is 12.1 Å². The smallest absolute Gasteiger partial charge is 0.203 e. The lowest BCUT2D eigenvalue weighted by Crippen LogP contribution is -3.00. The van der Waals surface area contributed by atoms with Gasteiger partial charge >= 0.3 is 0 Å². The van der Waals surface area contributed by atoms with Crippen LogP contribution in [0.3, 0.4) is 0 Å². The van der Waals surface area contributed by atoms with Crippen molar-refractivity contribution in [2.24, 2.45) is 0 Å². The first-order chi connectivity index (χ1) is 35.7. The number of hydrogen-bond donors (Lipinski definition) is 0. The Hall–Kier alpha value is -4.84. The third-order valence-corrected chi connectivity index (χ3v) is 17.0. The van der Waals surface area contributed by atoms with Crippen molar-refractivity contribution in [2.75, 3.05) is 123 Å². The summed E-state index contributed by atoms with van der Waals surface area (Å²) < 4.78 is 58.7. The summed E-state index contributed by atoms with van der Waals surface area (Å²) in [4.78, 5) is 26.1. The number of fused-ring (bicyclic) bond motifs is 2. The quantitative estimate of drug-likeness (QED) is 0.0452. The largest absolute Gasteiger partial charge is 1.00 e. The number of allylic oxidation sites excluding steroid dienone is 2. The molecule has 6 rings (SSSR count). The van der Waals surface area contributed by atoms with Gasteiger partial charge in [-0.05, 0) is 83.6 Å². The number of quaternary nitrogens is 2. The molecule has 0 aliphatic carbocycles. The highest BCUT2D eigenvalue weighted by Gasteiger charge is 2.42. The van der Waals surface area contributed by atoms with Gasteiger partial charge in [-0.2, -0.15) is 0 Å². The van der Waals surface area contributed by atoms with Gasteiger partial charge in [0, 0.05) is 74.0 Å². The number of ether oxygens (including phenoxy) is 10. The topological polar surface area (TPSA) is 126 Å². The summed E-state index contributed by atoms with van der Waals surface area (Å²) in [5.41, 5.74) is 7.14. The molecule has 0 spiro atoms. The number of methoxy groups -OCH3 is 10. The number of hydrogen-bond acceptors (Lipinski definition) is 14. The molecule has 4 aromatic carbocycles. The first-order valence-electron chi connectivity index (χ1n) is 25.5. The Morgan fingerprint density at radius 2 is 0.789 bits per heavy atom. The number of thioether (sulfide) groups is 2. The number of benzene rings is 4. The van der Waals surface area contributed by atoms with E-state index in [1.54, 1.807) is 71.1 Å². The lowest BCUT2D eigenvalue weighted by atomic mass is 9.86. The molecule has 0 amide bonds. The third kappa shape index (κ3) is 15.5. The van der Waals surface area contributed by atoms with E-state index in [0.717, 1.165) is 108 Å². The third-order valence-electron chi connectivity index (χ3n) is 15.0. The first kappa shape index (κ1) is 63.7. The van der Waals surface area contributed by atoms with Gasteiger partial charge in [-0.1, -0.05) is 35.7 Å². The number of carbonyl (C=O) groups is 2. The molecular weight excluding hydrogens is 1050 g/mol. The monoisotopic (exact) mass is 1130 g/mol. The predicted octanol–water partition coefficient (Wildman–Crippen LogP) is 4.47. The highest BCUT2D eigenvalue weighted by atomic mass is 35.5. The number of likely N-dealkylation sites (N-methyl/N-ethyl adjacent to an activating group) is 2. The zero-order valence-corrected chi connectivity index (χ0v) is 49.8. The van der Waals surface area contributed by atoms with Crippen LogP contribution >= 0.6 is 23.5 Å². The van der Waals surface area contributed by atoms with Crippen molar-refractivity contribution in [3.05, 3.63) is 94.1 Å². The van der Waals surface area contributed by atoms with E-state index in [4.69, 9.17) is 47.4 Å². The molecule has 2 aliphatic heterocycles. The average Bonchev–Trinajstić information content (AvgIpc) is 3.42. The van der Waals surface area contributed by atoms with E-state index < -0.39 is 0 Å². The molecule has 4 aromatic rings. The van der Waals surface area contributed by atoms with Crippen molar-refractivity contribution >= 4 is 33.8 Å². The Morgan fingerprint density at radius 3 is 1.09 bits per heavy atom. The predicted molar refractivity (Wildman–Crippen MR) is 295 cm³/mol. The molecule has 0 bridgehead atoms. The molecule has 420 valence electrons. The zero-order valence-electron chi connectivity index (χ0n) is 46.6. The molecule has 76 heavy (non-hydrogen) atoms. The minimum absolute atomic E-state index is 0. The van der Waals surface area contributed by atoms with Crippen LogP contribution in [0.5, 0.6) is 57.5 Å². The maximum absolute atomic E-state index is 13.1. The summed E-state index contributed by atoms with van der Waals surface area (Å²) in [5.74, 6) is 8.02. The number of halogens is 2. The van der Waals surface area contributed by atoms with E-state index in [1.165, 1.54) is 45.8 Å². The van der Waals surface area contributed by atoms with E-state index in [0.29, 0.717) is 71.7 Å². The van der Waals surface area contributed by atoms with Crippen LogP contribution in [0.25, 0.3) is 0 Å². The molecule has 0 saturated carbocycles. The maximum Gasteiger partial charge on any atom is 0.203 e. The fourth-order valence-electron chi connectivity index (χ4n) is 10.8. The van der Waals surface area contributed by atoms with Crippen LogP contribution in [0.15, 0.2) is 60.7 Å². The second kappa shape index (κ2) is 30.3. The number of carbonyl (C=O) groups excluding carboxylic acids is 2. The summed E-state index contributed by atoms with van der Waals surface area (Å²) in [6, 6.07) is 16.9. The molecule has 0 radical (unpaired) electrons. The van der Waals surface area contributed by atoms with E-state index in [9.17, 15) is 9.59 Å². The van der Waals surface area contributed by atoms with Gasteiger partial charge in [0.15, 0.2) is 56.2 Å². The van der Waals surface area contributed by atoms with Gasteiger partial charge in [0.05, 0.1) is 111 Å². The molecule has 0 unspecified atom stereocenters. The van der Waals surface area contributed by atoms with Gasteiger partial charge in [-0.15, -0.1) is 0 Å². The summed E-state index contributed by atoms with van der Waals surface area (Å²) >= 11 is 2.85. The van der Waals surface area contributed by atoms with E-state index >= 15 is 0 Å². The zero-order chi connectivity index (χ0) is 53.4. The van der Waals surface area contributed by atoms with Crippen molar-refractivity contribution in [1.29, 1.82) is 0 Å². The van der Waals surface area contributed by atoms with E-state index in [-0.39, 0.29) is 47.1 Å². The Balaban J connectivity index is 0.00000624. The second-order valence-electron chi connectivity index (χ2n) is 19.4. The van der Waals surface area contributed by atoms with Gasteiger partial charge in [0.2, 0.25) is 11.5 Å². The van der Waals surface area contributed by atoms with Crippen LogP contribution in [0.2, 0.25) is 0 Å². The Kier molecular flexibility index (Phi) is 25.4. The SMILES string of the molecule is COc1cc2c(cc1OC)[C@@H](Cc1cc(OC)c(OC)c(OC)c1)[N@@+](C)(CCCSC(=O)CC/C=C/CCC(=O)SCCC[N@+]1(C)CCc3cc(OC)c(OC)cc3[C@H]1Cc1cc(OC)c(OC)c(OC)c1)CC2.[Cl-].[Cl-]. The van der Waals surface area contributed by atoms with E-state index in [1.807, 2.05) is 36.4 Å². The second-order valence-corrected chi connectivity index (χ2v) is 21.7. The molecule has 14 nitrogen and oxygen atoms in total. The van der Waals surface area contributed by atoms with Crippen LogP contribution in [-0.2, 0) is 35.3 Å².